The fourth-order valence-electron chi connectivity index (χ4n) is 4.15. The minimum Gasteiger partial charge on any atom is -0.493 e. The summed E-state index contributed by atoms with van der Waals surface area (Å²) in [5.41, 5.74) is 2.65. The molecule has 0 unspecified atom stereocenters. The first kappa shape index (κ1) is 18.9. The maximum Gasteiger partial charge on any atom is 0.286 e. The van der Waals surface area contributed by atoms with Gasteiger partial charge in [-0.15, -0.1) is 10.2 Å². The lowest BCUT2D eigenvalue weighted by Crippen LogP contribution is -2.28. The van der Waals surface area contributed by atoms with E-state index in [-0.39, 0.29) is 5.91 Å². The van der Waals surface area contributed by atoms with E-state index in [9.17, 15) is 4.79 Å². The van der Waals surface area contributed by atoms with Gasteiger partial charge in [0.2, 0.25) is 0 Å². The van der Waals surface area contributed by atoms with E-state index in [1.54, 1.807) is 12.1 Å². The van der Waals surface area contributed by atoms with Crippen molar-refractivity contribution >= 4 is 5.91 Å². The molecule has 8 heteroatoms. The van der Waals surface area contributed by atoms with Crippen LogP contribution in [0.5, 0.6) is 5.75 Å². The highest BCUT2D eigenvalue weighted by Crippen LogP contribution is 2.26. The fraction of sp³-hybridized carbons (Fsp3) is 0.409. The molecule has 0 saturated carbocycles. The first-order chi connectivity index (χ1) is 14.8. The summed E-state index contributed by atoms with van der Waals surface area (Å²) in [5, 5.41) is 11.6. The summed E-state index contributed by atoms with van der Waals surface area (Å²) in [5.74, 6) is 3.09. The van der Waals surface area contributed by atoms with Crippen molar-refractivity contribution in [1.82, 2.24) is 25.0 Å². The first-order valence-corrected chi connectivity index (χ1v) is 10.5. The van der Waals surface area contributed by atoms with Gasteiger partial charge in [-0.25, -0.2) is 0 Å². The van der Waals surface area contributed by atoms with E-state index in [1.165, 1.54) is 17.4 Å². The highest BCUT2D eigenvalue weighted by Gasteiger charge is 2.20. The molecule has 0 bridgehead atoms. The van der Waals surface area contributed by atoms with Gasteiger partial charge in [-0.2, -0.15) is 0 Å². The number of nitrogens with one attached hydrogen (secondary N) is 1. The molecular weight excluding hydrogens is 382 g/mol. The van der Waals surface area contributed by atoms with Gasteiger partial charge in [-0.3, -0.25) is 9.69 Å². The highest BCUT2D eigenvalue weighted by atomic mass is 16.5. The van der Waals surface area contributed by atoms with Crippen molar-refractivity contribution in [2.24, 2.45) is 0 Å². The normalized spacial score (nSPS) is 15.9. The van der Waals surface area contributed by atoms with Crippen molar-refractivity contribution in [2.45, 2.75) is 32.4 Å². The van der Waals surface area contributed by atoms with Crippen LogP contribution in [0.2, 0.25) is 0 Å². The van der Waals surface area contributed by atoms with E-state index < -0.39 is 0 Å². The van der Waals surface area contributed by atoms with E-state index in [4.69, 9.17) is 9.15 Å². The number of hydrogen-bond acceptors (Lipinski definition) is 6. The van der Waals surface area contributed by atoms with E-state index in [0.29, 0.717) is 18.7 Å². The third kappa shape index (κ3) is 3.95. The second kappa shape index (κ2) is 8.31. The van der Waals surface area contributed by atoms with Crippen LogP contribution in [0.25, 0.3) is 0 Å². The summed E-state index contributed by atoms with van der Waals surface area (Å²) in [6.07, 6.45) is 4.02. The summed E-state index contributed by atoms with van der Waals surface area (Å²) in [6.45, 7) is 4.99. The van der Waals surface area contributed by atoms with Gasteiger partial charge in [0.25, 0.3) is 5.91 Å². The van der Waals surface area contributed by atoms with E-state index >= 15 is 0 Å². The number of aromatic nitrogens is 3. The Morgan fingerprint density at radius 1 is 1.13 bits per heavy atom. The van der Waals surface area contributed by atoms with Crippen molar-refractivity contribution in [2.75, 3.05) is 26.2 Å². The number of ether oxygens (including phenoxy) is 1. The Labute approximate surface area is 174 Å². The van der Waals surface area contributed by atoms with Crippen LogP contribution < -0.4 is 10.1 Å². The molecule has 0 radical (unpaired) electrons. The van der Waals surface area contributed by atoms with E-state index in [2.05, 4.69) is 43.2 Å². The number of fused-ring (bicyclic) bond motifs is 2. The number of nitrogens with zero attached hydrogens (tertiary/aromatic N) is 4. The molecule has 2 aliphatic heterocycles. The van der Waals surface area contributed by atoms with Crippen molar-refractivity contribution in [3.05, 3.63) is 65.1 Å². The Hall–Kier alpha value is -3.13. The van der Waals surface area contributed by atoms with Gasteiger partial charge in [0.1, 0.15) is 17.4 Å². The van der Waals surface area contributed by atoms with Gasteiger partial charge < -0.3 is 19.0 Å². The quantitative estimate of drug-likeness (QED) is 0.671. The molecule has 1 N–H and O–H groups in total. The summed E-state index contributed by atoms with van der Waals surface area (Å²) in [4.78, 5) is 14.5. The molecule has 30 heavy (non-hydrogen) atoms. The van der Waals surface area contributed by atoms with Crippen LogP contribution in [-0.2, 0) is 32.4 Å². The average Bonchev–Trinajstić information content (AvgIpc) is 3.49. The number of benzene rings is 1. The lowest BCUT2D eigenvalue weighted by Gasteiger charge is -2.20. The Morgan fingerprint density at radius 3 is 3.00 bits per heavy atom. The standard InChI is InChI=1S/C22H25N5O3/c28-22(19-2-1-12-29-19)23-8-5-20-24-25-21-6-9-26(10-11-27(20)21)15-16-3-4-18-17(14-16)7-13-30-18/h1-4,12,14H,5-11,13,15H2,(H,23,28). The molecular formula is C22H25N5O3. The third-order valence-corrected chi connectivity index (χ3v) is 5.73. The molecule has 0 fully saturated rings. The second-order valence-corrected chi connectivity index (χ2v) is 7.73. The van der Waals surface area contributed by atoms with E-state index in [0.717, 1.165) is 63.0 Å². The fourth-order valence-corrected chi connectivity index (χ4v) is 4.15. The zero-order chi connectivity index (χ0) is 20.3. The van der Waals surface area contributed by atoms with Crippen LogP contribution in [0.4, 0.5) is 0 Å². The number of amides is 1. The minimum atomic E-state index is -0.207. The molecule has 3 aromatic rings. The van der Waals surface area contributed by atoms with Gasteiger partial charge in [0.05, 0.1) is 12.9 Å². The zero-order valence-corrected chi connectivity index (χ0v) is 16.8. The molecule has 1 aromatic carbocycles. The lowest BCUT2D eigenvalue weighted by atomic mass is 10.1. The molecule has 2 aromatic heterocycles. The molecule has 5 rings (SSSR count). The summed E-state index contributed by atoms with van der Waals surface area (Å²) in [6, 6.07) is 9.90. The first-order valence-electron chi connectivity index (χ1n) is 10.5. The van der Waals surface area contributed by atoms with E-state index in [1.807, 2.05) is 0 Å². The zero-order valence-electron chi connectivity index (χ0n) is 16.8. The monoisotopic (exact) mass is 407 g/mol. The summed E-state index contributed by atoms with van der Waals surface area (Å²) < 4.78 is 12.9. The number of carbonyl (C=O) groups is 1. The van der Waals surface area contributed by atoms with Crippen molar-refractivity contribution in [3.63, 3.8) is 0 Å². The van der Waals surface area contributed by atoms with Crippen LogP contribution >= 0.6 is 0 Å². The van der Waals surface area contributed by atoms with Crippen molar-refractivity contribution in [1.29, 1.82) is 0 Å². The lowest BCUT2D eigenvalue weighted by molar-refractivity contribution is 0.0926. The average molecular weight is 407 g/mol. The molecule has 0 atom stereocenters. The Balaban J connectivity index is 1.17. The molecule has 156 valence electrons. The Kier molecular flexibility index (Phi) is 5.23. The number of furan rings is 1. The van der Waals surface area contributed by atoms with Gasteiger partial charge in [0.15, 0.2) is 5.76 Å². The molecule has 0 spiro atoms. The third-order valence-electron chi connectivity index (χ3n) is 5.73. The molecule has 8 nitrogen and oxygen atoms in total. The number of rotatable bonds is 6. The van der Waals surface area contributed by atoms with Crippen LogP contribution in [0.15, 0.2) is 41.0 Å². The minimum absolute atomic E-state index is 0.207. The van der Waals surface area contributed by atoms with Gasteiger partial charge in [-0.05, 0) is 29.3 Å². The van der Waals surface area contributed by atoms with Crippen LogP contribution in [0.3, 0.4) is 0 Å². The predicted molar refractivity (Wildman–Crippen MR) is 109 cm³/mol. The molecule has 2 aliphatic rings. The van der Waals surface area contributed by atoms with Crippen molar-refractivity contribution < 1.29 is 13.9 Å². The van der Waals surface area contributed by atoms with Gasteiger partial charge in [0, 0.05) is 52.0 Å². The molecule has 0 saturated heterocycles. The summed E-state index contributed by atoms with van der Waals surface area (Å²) in [7, 11) is 0. The molecule has 1 amide bonds. The Bertz CT molecular complexity index is 1030. The van der Waals surface area contributed by atoms with Crippen LogP contribution in [0.1, 0.15) is 33.3 Å². The number of carbonyl (C=O) groups excluding carboxylic acids is 1. The van der Waals surface area contributed by atoms with Gasteiger partial charge in [-0.1, -0.05) is 12.1 Å². The molecule has 4 heterocycles. The van der Waals surface area contributed by atoms with Crippen molar-refractivity contribution in [3.8, 4) is 5.75 Å². The SMILES string of the molecule is O=C(NCCc1nnc2n1CCN(Cc1ccc3c(c1)CCO3)CC2)c1ccco1. The predicted octanol–water partition coefficient (Wildman–Crippen LogP) is 1.84. The topological polar surface area (TPSA) is 85.4 Å². The molecule has 0 aliphatic carbocycles. The maximum absolute atomic E-state index is 12.0. The Morgan fingerprint density at radius 2 is 2.10 bits per heavy atom. The van der Waals surface area contributed by atoms with Crippen LogP contribution in [0, 0.1) is 0 Å². The van der Waals surface area contributed by atoms with Gasteiger partial charge >= 0.3 is 0 Å². The number of hydrogen-bond donors (Lipinski definition) is 1. The second-order valence-electron chi connectivity index (χ2n) is 7.73. The summed E-state index contributed by atoms with van der Waals surface area (Å²) >= 11 is 0. The van der Waals surface area contributed by atoms with Crippen LogP contribution in [-0.4, -0.2) is 51.8 Å². The largest absolute Gasteiger partial charge is 0.493 e. The highest BCUT2D eigenvalue weighted by molar-refractivity contribution is 5.91. The smallest absolute Gasteiger partial charge is 0.286 e. The maximum atomic E-state index is 12.0.